The Morgan fingerprint density at radius 3 is 2.90 bits per heavy atom. The largest absolute Gasteiger partial charge is 0.379 e. The van der Waals surface area contributed by atoms with Gasteiger partial charge in [-0.25, -0.2) is 0 Å². The number of nitrogens with zero attached hydrogens (tertiary/aromatic N) is 3. The molecule has 0 N–H and O–H groups in total. The fourth-order valence-corrected chi connectivity index (χ4v) is 3.56. The molecule has 3 rings (SSSR count). The van der Waals surface area contributed by atoms with Crippen molar-refractivity contribution in [2.45, 2.75) is 12.6 Å². The average molecular weight is 307 g/mol. The second kappa shape index (κ2) is 7.17. The molecule has 1 atom stereocenters. The molecule has 0 amide bonds. The molecule has 0 radical (unpaired) electrons. The summed E-state index contributed by atoms with van der Waals surface area (Å²) in [4.78, 5) is 6.25. The van der Waals surface area contributed by atoms with Crippen molar-refractivity contribution in [3.05, 3.63) is 40.4 Å². The first-order valence-electron chi connectivity index (χ1n) is 7.26. The molecule has 114 valence electrons. The van der Waals surface area contributed by atoms with Crippen LogP contribution in [0.25, 0.3) is 0 Å². The van der Waals surface area contributed by atoms with Gasteiger partial charge in [0.25, 0.3) is 0 Å². The molecule has 0 bridgehead atoms. The van der Waals surface area contributed by atoms with E-state index in [9.17, 15) is 0 Å². The standard InChI is InChI=1S/C15H21N3O2S/c1-17(11-13-4-7-20-16-13)12-14(15-3-2-10-21-15)18-5-8-19-9-6-18/h2-4,7,10,14H,5-6,8-9,11-12H2,1H3. The Labute approximate surface area is 129 Å². The summed E-state index contributed by atoms with van der Waals surface area (Å²) in [6, 6.07) is 6.70. The van der Waals surface area contributed by atoms with E-state index in [1.807, 2.05) is 17.4 Å². The number of hydrogen-bond donors (Lipinski definition) is 0. The van der Waals surface area contributed by atoms with E-state index >= 15 is 0 Å². The summed E-state index contributed by atoms with van der Waals surface area (Å²) >= 11 is 1.83. The van der Waals surface area contributed by atoms with Crippen molar-refractivity contribution in [2.24, 2.45) is 0 Å². The van der Waals surface area contributed by atoms with Crippen LogP contribution in [0.1, 0.15) is 16.6 Å². The second-order valence-corrected chi connectivity index (χ2v) is 6.35. The Balaban J connectivity index is 1.66. The van der Waals surface area contributed by atoms with E-state index in [-0.39, 0.29) is 0 Å². The van der Waals surface area contributed by atoms with E-state index in [1.54, 1.807) is 6.26 Å². The molecule has 3 heterocycles. The smallest absolute Gasteiger partial charge is 0.124 e. The highest BCUT2D eigenvalue weighted by molar-refractivity contribution is 7.10. The lowest BCUT2D eigenvalue weighted by atomic mass is 10.1. The Hall–Kier alpha value is -1.21. The van der Waals surface area contributed by atoms with Gasteiger partial charge in [0.2, 0.25) is 0 Å². The second-order valence-electron chi connectivity index (χ2n) is 5.37. The van der Waals surface area contributed by atoms with Crippen LogP contribution in [0.4, 0.5) is 0 Å². The van der Waals surface area contributed by atoms with Crippen molar-refractivity contribution < 1.29 is 9.26 Å². The zero-order chi connectivity index (χ0) is 14.5. The number of aromatic nitrogens is 1. The van der Waals surface area contributed by atoms with Gasteiger partial charge >= 0.3 is 0 Å². The number of thiophene rings is 1. The quantitative estimate of drug-likeness (QED) is 0.819. The summed E-state index contributed by atoms with van der Waals surface area (Å²) in [7, 11) is 2.13. The van der Waals surface area contributed by atoms with Gasteiger partial charge < -0.3 is 9.26 Å². The Kier molecular flexibility index (Phi) is 5.03. The van der Waals surface area contributed by atoms with Gasteiger partial charge in [-0.2, -0.15) is 0 Å². The minimum Gasteiger partial charge on any atom is -0.379 e. The van der Waals surface area contributed by atoms with Crippen LogP contribution >= 0.6 is 11.3 Å². The summed E-state index contributed by atoms with van der Waals surface area (Å²) in [6.07, 6.45) is 1.63. The number of likely N-dealkylation sites (N-methyl/N-ethyl adjacent to an activating group) is 1. The van der Waals surface area contributed by atoms with Crippen LogP contribution in [0.2, 0.25) is 0 Å². The average Bonchev–Trinajstić information content (AvgIpc) is 3.19. The van der Waals surface area contributed by atoms with Crippen molar-refractivity contribution in [3.8, 4) is 0 Å². The molecule has 5 nitrogen and oxygen atoms in total. The SMILES string of the molecule is CN(Cc1ccon1)CC(c1cccs1)N1CCOCC1. The molecule has 1 unspecified atom stereocenters. The number of rotatable bonds is 6. The van der Waals surface area contributed by atoms with Gasteiger partial charge in [-0.05, 0) is 18.5 Å². The van der Waals surface area contributed by atoms with Crippen LogP contribution in [0.15, 0.2) is 34.4 Å². The van der Waals surface area contributed by atoms with Gasteiger partial charge in [0.15, 0.2) is 0 Å². The zero-order valence-electron chi connectivity index (χ0n) is 12.3. The molecule has 0 aliphatic carbocycles. The molecular formula is C15H21N3O2S. The Bertz CT molecular complexity index is 509. The van der Waals surface area contributed by atoms with E-state index in [0.717, 1.165) is 45.1 Å². The van der Waals surface area contributed by atoms with Gasteiger partial charge in [0.05, 0.1) is 24.9 Å². The number of ether oxygens (including phenoxy) is 1. The first-order valence-corrected chi connectivity index (χ1v) is 8.14. The summed E-state index contributed by atoms with van der Waals surface area (Å²) in [6.45, 7) is 5.45. The minimum atomic E-state index is 0.422. The van der Waals surface area contributed by atoms with Crippen molar-refractivity contribution in [2.75, 3.05) is 39.9 Å². The number of morpholine rings is 1. The lowest BCUT2D eigenvalue weighted by molar-refractivity contribution is 0.00953. The molecule has 1 saturated heterocycles. The monoisotopic (exact) mass is 307 g/mol. The molecule has 1 aliphatic rings. The van der Waals surface area contributed by atoms with Crippen LogP contribution in [-0.4, -0.2) is 54.9 Å². The van der Waals surface area contributed by atoms with E-state index in [0.29, 0.717) is 6.04 Å². The third-order valence-corrected chi connectivity index (χ3v) is 4.74. The molecule has 1 aliphatic heterocycles. The third-order valence-electron chi connectivity index (χ3n) is 3.77. The van der Waals surface area contributed by atoms with E-state index in [1.165, 1.54) is 4.88 Å². The maximum absolute atomic E-state index is 5.48. The molecule has 2 aromatic rings. The molecule has 0 saturated carbocycles. The van der Waals surface area contributed by atoms with Gasteiger partial charge in [-0.1, -0.05) is 11.2 Å². The predicted octanol–water partition coefficient (Wildman–Crippen LogP) is 2.24. The summed E-state index contributed by atoms with van der Waals surface area (Å²) in [5.74, 6) is 0. The first kappa shape index (κ1) is 14.7. The number of hydrogen-bond acceptors (Lipinski definition) is 6. The van der Waals surface area contributed by atoms with E-state index in [2.05, 4.69) is 39.5 Å². The van der Waals surface area contributed by atoms with Crippen molar-refractivity contribution in [3.63, 3.8) is 0 Å². The minimum absolute atomic E-state index is 0.422. The molecule has 0 aromatic carbocycles. The van der Waals surface area contributed by atoms with Crippen LogP contribution in [-0.2, 0) is 11.3 Å². The highest BCUT2D eigenvalue weighted by Crippen LogP contribution is 2.27. The lowest BCUT2D eigenvalue weighted by Crippen LogP contribution is -2.42. The fourth-order valence-electron chi connectivity index (χ4n) is 2.71. The predicted molar refractivity (Wildman–Crippen MR) is 82.3 cm³/mol. The summed E-state index contributed by atoms with van der Waals surface area (Å²) in [5, 5.41) is 6.14. The van der Waals surface area contributed by atoms with E-state index in [4.69, 9.17) is 9.26 Å². The first-order chi connectivity index (χ1) is 10.3. The zero-order valence-corrected chi connectivity index (χ0v) is 13.1. The summed E-state index contributed by atoms with van der Waals surface area (Å²) in [5.41, 5.74) is 0.976. The molecule has 2 aromatic heterocycles. The van der Waals surface area contributed by atoms with Crippen molar-refractivity contribution >= 4 is 11.3 Å². The van der Waals surface area contributed by atoms with Crippen LogP contribution < -0.4 is 0 Å². The summed E-state index contributed by atoms with van der Waals surface area (Å²) < 4.78 is 10.4. The Morgan fingerprint density at radius 2 is 2.24 bits per heavy atom. The van der Waals surface area contributed by atoms with E-state index < -0.39 is 0 Å². The topological polar surface area (TPSA) is 41.7 Å². The van der Waals surface area contributed by atoms with Crippen molar-refractivity contribution in [1.82, 2.24) is 15.0 Å². The van der Waals surface area contributed by atoms with Crippen LogP contribution in [0.5, 0.6) is 0 Å². The van der Waals surface area contributed by atoms with Gasteiger partial charge in [-0.3, -0.25) is 9.80 Å². The van der Waals surface area contributed by atoms with Crippen LogP contribution in [0, 0.1) is 0 Å². The van der Waals surface area contributed by atoms with Gasteiger partial charge in [0, 0.05) is 37.1 Å². The maximum atomic E-state index is 5.48. The Morgan fingerprint density at radius 1 is 1.38 bits per heavy atom. The van der Waals surface area contributed by atoms with Crippen molar-refractivity contribution in [1.29, 1.82) is 0 Å². The lowest BCUT2D eigenvalue weighted by Gasteiger charge is -2.36. The fraction of sp³-hybridized carbons (Fsp3) is 0.533. The molecule has 0 spiro atoms. The maximum Gasteiger partial charge on any atom is 0.124 e. The third kappa shape index (κ3) is 3.91. The highest BCUT2D eigenvalue weighted by atomic mass is 32.1. The molecule has 1 fully saturated rings. The van der Waals surface area contributed by atoms with Gasteiger partial charge in [-0.15, -0.1) is 11.3 Å². The highest BCUT2D eigenvalue weighted by Gasteiger charge is 2.24. The normalized spacial score (nSPS) is 18.2. The molecular weight excluding hydrogens is 286 g/mol. The molecule has 21 heavy (non-hydrogen) atoms. The van der Waals surface area contributed by atoms with Gasteiger partial charge in [0.1, 0.15) is 6.26 Å². The molecule has 6 heteroatoms. The van der Waals surface area contributed by atoms with Crippen LogP contribution in [0.3, 0.4) is 0 Å².